The molecule has 0 aliphatic carbocycles. The lowest BCUT2D eigenvalue weighted by atomic mass is 9.78. The molecule has 222 valence electrons. The molecular formula is C31H45O8P. The topological polar surface area (TPSA) is 89.5 Å². The number of hydrogen-bond acceptors (Lipinski definition) is 8. The summed E-state index contributed by atoms with van der Waals surface area (Å²) in [5.41, 5.74) is 1.28. The van der Waals surface area contributed by atoms with E-state index in [0.29, 0.717) is 39.1 Å². The van der Waals surface area contributed by atoms with E-state index in [0.717, 1.165) is 11.1 Å². The van der Waals surface area contributed by atoms with Crippen molar-refractivity contribution in [2.75, 3.05) is 27.0 Å². The molecule has 1 heterocycles. The van der Waals surface area contributed by atoms with Gasteiger partial charge in [-0.05, 0) is 31.4 Å². The van der Waals surface area contributed by atoms with Crippen LogP contribution in [0.1, 0.15) is 58.1 Å². The highest BCUT2D eigenvalue weighted by atomic mass is 31.2. The summed E-state index contributed by atoms with van der Waals surface area (Å²) in [5, 5.41) is 0. The van der Waals surface area contributed by atoms with Crippen molar-refractivity contribution in [1.29, 1.82) is 0 Å². The van der Waals surface area contributed by atoms with Crippen LogP contribution in [-0.4, -0.2) is 56.9 Å². The SMILES string of the molecule is COP(=O)(CC(=O)C(C)(C)[C@@H]1C[C@@H](C[C@H](CCOCc2ccccc2)OCc2ccccc2)OC(C)(C)O1)OC. The summed E-state index contributed by atoms with van der Waals surface area (Å²) in [6.07, 6.45) is 0.676. The highest BCUT2D eigenvalue weighted by molar-refractivity contribution is 7.54. The van der Waals surface area contributed by atoms with E-state index in [1.165, 1.54) is 14.2 Å². The lowest BCUT2D eigenvalue weighted by molar-refractivity contribution is -0.316. The molecule has 1 aliphatic rings. The fraction of sp³-hybridized carbons (Fsp3) is 0.581. The van der Waals surface area contributed by atoms with E-state index in [9.17, 15) is 9.36 Å². The van der Waals surface area contributed by atoms with E-state index in [1.54, 1.807) is 0 Å². The lowest BCUT2D eigenvalue weighted by Gasteiger charge is -2.46. The average Bonchev–Trinajstić information content (AvgIpc) is 2.94. The quantitative estimate of drug-likeness (QED) is 0.164. The van der Waals surface area contributed by atoms with Gasteiger partial charge in [0.2, 0.25) is 0 Å². The minimum atomic E-state index is -3.50. The second kappa shape index (κ2) is 14.8. The van der Waals surface area contributed by atoms with Gasteiger partial charge in [-0.1, -0.05) is 74.5 Å². The van der Waals surface area contributed by atoms with Crippen LogP contribution in [0.25, 0.3) is 0 Å². The Hall–Kier alpha value is -1.90. The van der Waals surface area contributed by atoms with Crippen molar-refractivity contribution in [1.82, 2.24) is 0 Å². The first-order valence-electron chi connectivity index (χ1n) is 13.8. The summed E-state index contributed by atoms with van der Waals surface area (Å²) in [6, 6.07) is 20.1. The molecule has 0 spiro atoms. The number of ether oxygens (including phenoxy) is 4. The Morgan fingerprint density at radius 2 is 1.55 bits per heavy atom. The molecular weight excluding hydrogens is 531 g/mol. The summed E-state index contributed by atoms with van der Waals surface area (Å²) in [6.45, 7) is 8.89. The second-order valence-corrected chi connectivity index (χ2v) is 13.5. The molecule has 0 saturated carbocycles. The maximum Gasteiger partial charge on any atom is 0.337 e. The van der Waals surface area contributed by atoms with Crippen molar-refractivity contribution >= 4 is 13.4 Å². The highest BCUT2D eigenvalue weighted by Crippen LogP contribution is 2.49. The van der Waals surface area contributed by atoms with Gasteiger partial charge < -0.3 is 28.0 Å². The van der Waals surface area contributed by atoms with Gasteiger partial charge >= 0.3 is 7.60 Å². The molecule has 3 atom stereocenters. The molecule has 40 heavy (non-hydrogen) atoms. The van der Waals surface area contributed by atoms with Crippen molar-refractivity contribution in [2.45, 2.75) is 84.3 Å². The molecule has 0 aromatic heterocycles. The van der Waals surface area contributed by atoms with Gasteiger partial charge in [0, 0.05) is 33.7 Å². The largest absolute Gasteiger partial charge is 0.377 e. The molecule has 0 unspecified atom stereocenters. The van der Waals surface area contributed by atoms with Crippen molar-refractivity contribution in [2.24, 2.45) is 5.41 Å². The molecule has 2 aromatic carbocycles. The maximum atomic E-state index is 13.3. The zero-order valence-corrected chi connectivity index (χ0v) is 25.6. The number of carbonyl (C=O) groups excluding carboxylic acids is 1. The first kappa shape index (κ1) is 32.6. The third kappa shape index (κ3) is 9.88. The normalized spacial score (nSPS) is 20.2. The number of ketones is 1. The van der Waals surface area contributed by atoms with Crippen LogP contribution in [0.5, 0.6) is 0 Å². The van der Waals surface area contributed by atoms with Crippen LogP contribution < -0.4 is 0 Å². The molecule has 8 nitrogen and oxygen atoms in total. The van der Waals surface area contributed by atoms with Crippen LogP contribution in [0, 0.1) is 5.41 Å². The van der Waals surface area contributed by atoms with Gasteiger partial charge in [0.15, 0.2) is 11.6 Å². The molecule has 1 aliphatic heterocycles. The molecule has 0 amide bonds. The summed E-state index contributed by atoms with van der Waals surface area (Å²) >= 11 is 0. The summed E-state index contributed by atoms with van der Waals surface area (Å²) in [7, 11) is -0.931. The Labute approximate surface area is 239 Å². The molecule has 0 N–H and O–H groups in total. The Balaban J connectivity index is 1.67. The smallest absolute Gasteiger partial charge is 0.337 e. The predicted molar refractivity (Wildman–Crippen MR) is 154 cm³/mol. The maximum absolute atomic E-state index is 13.3. The summed E-state index contributed by atoms with van der Waals surface area (Å²) in [5.74, 6) is -1.15. The Morgan fingerprint density at radius 1 is 0.975 bits per heavy atom. The average molecular weight is 577 g/mol. The van der Waals surface area contributed by atoms with Crippen LogP contribution in [0.15, 0.2) is 60.7 Å². The standard InChI is InChI=1S/C31H45O8P/c1-30(2,28(32)23-40(33,34-5)35-6)29-20-27(38-31(3,4)39-29)19-26(37-22-25-15-11-8-12-16-25)17-18-36-21-24-13-9-7-10-14-24/h7-16,26-27,29H,17-23H2,1-6H3/t26-,27+,29-/m0/s1. The monoisotopic (exact) mass is 576 g/mol. The van der Waals surface area contributed by atoms with Crippen molar-refractivity contribution in [3.8, 4) is 0 Å². The molecule has 1 saturated heterocycles. The molecule has 3 rings (SSSR count). The Kier molecular flexibility index (Phi) is 12.1. The fourth-order valence-electron chi connectivity index (χ4n) is 4.79. The first-order chi connectivity index (χ1) is 19.0. The van der Waals surface area contributed by atoms with E-state index in [2.05, 4.69) is 0 Å². The fourth-order valence-corrected chi connectivity index (χ4v) is 5.95. The highest BCUT2D eigenvalue weighted by Gasteiger charge is 2.47. The molecule has 0 bridgehead atoms. The Morgan fingerprint density at radius 3 is 2.12 bits per heavy atom. The van der Waals surface area contributed by atoms with Crippen molar-refractivity contribution in [3.63, 3.8) is 0 Å². The van der Waals surface area contributed by atoms with Gasteiger partial charge in [0.25, 0.3) is 0 Å². The third-order valence-corrected chi connectivity index (χ3v) is 9.11. The van der Waals surface area contributed by atoms with Crippen LogP contribution in [0.4, 0.5) is 0 Å². The van der Waals surface area contributed by atoms with E-state index < -0.39 is 24.9 Å². The number of benzene rings is 2. The first-order valence-corrected chi connectivity index (χ1v) is 15.6. The van der Waals surface area contributed by atoms with Crippen LogP contribution in [0.3, 0.4) is 0 Å². The number of rotatable bonds is 16. The van der Waals surface area contributed by atoms with E-state index in [-0.39, 0.29) is 24.2 Å². The number of hydrogen-bond donors (Lipinski definition) is 0. The van der Waals surface area contributed by atoms with Crippen molar-refractivity contribution < 1.29 is 37.4 Å². The molecule has 2 aromatic rings. The summed E-state index contributed by atoms with van der Waals surface area (Å²) < 4.78 is 47.6. The van der Waals surface area contributed by atoms with Gasteiger partial charge in [-0.25, -0.2) is 0 Å². The molecule has 9 heteroatoms. The minimum Gasteiger partial charge on any atom is -0.377 e. The van der Waals surface area contributed by atoms with Gasteiger partial charge in [0.05, 0.1) is 36.9 Å². The van der Waals surface area contributed by atoms with Gasteiger partial charge in [-0.2, -0.15) is 0 Å². The predicted octanol–water partition coefficient (Wildman–Crippen LogP) is 6.56. The van der Waals surface area contributed by atoms with Crippen LogP contribution in [0.2, 0.25) is 0 Å². The molecule has 1 fully saturated rings. The minimum absolute atomic E-state index is 0.128. The van der Waals surface area contributed by atoms with Gasteiger partial charge in [0.1, 0.15) is 6.16 Å². The van der Waals surface area contributed by atoms with Gasteiger partial charge in [-0.15, -0.1) is 0 Å². The molecule has 0 radical (unpaired) electrons. The van der Waals surface area contributed by atoms with Gasteiger partial charge in [-0.3, -0.25) is 9.36 Å². The lowest BCUT2D eigenvalue weighted by Crippen LogP contribution is -2.53. The van der Waals surface area contributed by atoms with E-state index in [1.807, 2.05) is 88.4 Å². The zero-order chi connectivity index (χ0) is 29.2. The number of carbonyl (C=O) groups is 1. The number of Topliss-reactive ketones (excluding diaryl/α,β-unsaturated/α-hetero) is 1. The van der Waals surface area contributed by atoms with E-state index in [4.69, 9.17) is 28.0 Å². The van der Waals surface area contributed by atoms with E-state index >= 15 is 0 Å². The third-order valence-electron chi connectivity index (χ3n) is 7.32. The Bertz CT molecular complexity index is 1080. The second-order valence-electron chi connectivity index (χ2n) is 11.2. The van der Waals surface area contributed by atoms with Crippen LogP contribution >= 0.6 is 7.60 Å². The van der Waals surface area contributed by atoms with Crippen molar-refractivity contribution in [3.05, 3.63) is 71.8 Å². The van der Waals surface area contributed by atoms with Crippen LogP contribution in [-0.2, 0) is 50.6 Å². The summed E-state index contributed by atoms with van der Waals surface area (Å²) in [4.78, 5) is 13.3. The zero-order valence-electron chi connectivity index (χ0n) is 24.7.